The van der Waals surface area contributed by atoms with Crippen LogP contribution in [0.15, 0.2) is 23.1 Å². The molecule has 1 N–H and O–H groups in total. The lowest BCUT2D eigenvalue weighted by Gasteiger charge is -2.35. The van der Waals surface area contributed by atoms with E-state index in [2.05, 4.69) is 12.2 Å². The van der Waals surface area contributed by atoms with Crippen LogP contribution in [-0.4, -0.2) is 22.0 Å². The molecule has 4 atom stereocenters. The fourth-order valence-electron chi connectivity index (χ4n) is 3.12. The van der Waals surface area contributed by atoms with Crippen molar-refractivity contribution in [1.82, 2.24) is 5.32 Å². The molecule has 0 heterocycles. The first-order valence-corrected chi connectivity index (χ1v) is 8.87. The summed E-state index contributed by atoms with van der Waals surface area (Å²) >= 11 is 0. The number of hydrogen-bond donors (Lipinski definition) is 1. The van der Waals surface area contributed by atoms with Crippen molar-refractivity contribution in [2.45, 2.75) is 55.7 Å². The first kappa shape index (κ1) is 16.6. The molecule has 0 radical (unpaired) electrons. The Morgan fingerprint density at radius 2 is 2.05 bits per heavy atom. The lowest BCUT2D eigenvalue weighted by Crippen LogP contribution is -2.46. The minimum atomic E-state index is -1.45. The number of nitrogens with one attached hydrogen (secondary N) is 1. The van der Waals surface area contributed by atoms with Crippen LogP contribution in [0.4, 0.5) is 8.78 Å². The van der Waals surface area contributed by atoms with Crippen molar-refractivity contribution in [2.75, 3.05) is 6.54 Å². The van der Waals surface area contributed by atoms with E-state index < -0.39 is 22.4 Å². The molecular weight excluding hydrogens is 292 g/mol. The van der Waals surface area contributed by atoms with Gasteiger partial charge in [0.1, 0.15) is 11.6 Å². The molecule has 4 unspecified atom stereocenters. The van der Waals surface area contributed by atoms with Gasteiger partial charge in [-0.15, -0.1) is 0 Å². The summed E-state index contributed by atoms with van der Waals surface area (Å²) < 4.78 is 39.7. The van der Waals surface area contributed by atoms with Crippen LogP contribution in [0.2, 0.25) is 0 Å². The Balaban J connectivity index is 2.23. The molecule has 1 saturated carbocycles. The Kier molecular flexibility index (Phi) is 5.88. The lowest BCUT2D eigenvalue weighted by molar-refractivity contribution is 0.294. The van der Waals surface area contributed by atoms with Crippen molar-refractivity contribution in [1.29, 1.82) is 0 Å². The Labute approximate surface area is 127 Å². The second kappa shape index (κ2) is 7.45. The highest BCUT2D eigenvalue weighted by molar-refractivity contribution is 7.85. The third-order valence-corrected chi connectivity index (χ3v) is 6.17. The molecule has 5 heteroatoms. The maximum atomic E-state index is 13.9. The van der Waals surface area contributed by atoms with Gasteiger partial charge in [-0.25, -0.2) is 8.78 Å². The van der Waals surface area contributed by atoms with Crippen LogP contribution in [-0.2, 0) is 10.8 Å². The zero-order valence-electron chi connectivity index (χ0n) is 12.6. The Morgan fingerprint density at radius 3 is 2.67 bits per heavy atom. The Hall–Kier alpha value is -0.810. The summed E-state index contributed by atoms with van der Waals surface area (Å²) in [6, 6.07) is 3.45. The van der Waals surface area contributed by atoms with Crippen LogP contribution in [0.5, 0.6) is 0 Å². The molecule has 0 bridgehead atoms. The molecule has 1 fully saturated rings. The summed E-state index contributed by atoms with van der Waals surface area (Å²) in [5.74, 6) is -0.800. The van der Waals surface area contributed by atoms with Gasteiger partial charge < -0.3 is 5.32 Å². The van der Waals surface area contributed by atoms with Crippen molar-refractivity contribution >= 4 is 10.8 Å². The standard InChI is InChI=1S/C16H23F2NOS/c1-3-11-5-7-14(19-4-2)16(9-11)21(20)15-8-6-12(17)10-13(15)18/h6,8,10-11,14,16,19H,3-5,7,9H2,1-2H3. The van der Waals surface area contributed by atoms with Crippen molar-refractivity contribution in [3.63, 3.8) is 0 Å². The van der Waals surface area contributed by atoms with E-state index >= 15 is 0 Å². The second-order valence-electron chi connectivity index (χ2n) is 5.66. The van der Waals surface area contributed by atoms with Crippen molar-refractivity contribution < 1.29 is 13.0 Å². The van der Waals surface area contributed by atoms with Gasteiger partial charge in [0.2, 0.25) is 0 Å². The summed E-state index contributed by atoms with van der Waals surface area (Å²) in [4.78, 5) is 0.126. The number of benzene rings is 1. The maximum Gasteiger partial charge on any atom is 0.142 e. The van der Waals surface area contributed by atoms with Crippen LogP contribution in [0.25, 0.3) is 0 Å². The Bertz CT molecular complexity index is 509. The molecule has 1 aliphatic carbocycles. The van der Waals surface area contributed by atoms with E-state index in [0.717, 1.165) is 38.3 Å². The lowest BCUT2D eigenvalue weighted by atomic mass is 9.84. The van der Waals surface area contributed by atoms with E-state index in [0.29, 0.717) is 5.92 Å². The van der Waals surface area contributed by atoms with E-state index in [9.17, 15) is 13.0 Å². The normalized spacial score (nSPS) is 27.5. The molecule has 21 heavy (non-hydrogen) atoms. The quantitative estimate of drug-likeness (QED) is 0.899. The van der Waals surface area contributed by atoms with E-state index in [1.165, 1.54) is 12.1 Å². The summed E-state index contributed by atoms with van der Waals surface area (Å²) in [5, 5.41) is 3.26. The highest BCUT2D eigenvalue weighted by Gasteiger charge is 2.34. The molecule has 1 aromatic rings. The smallest absolute Gasteiger partial charge is 0.142 e. The van der Waals surface area contributed by atoms with Gasteiger partial charge in [-0.2, -0.15) is 0 Å². The molecule has 0 aromatic heterocycles. The van der Waals surface area contributed by atoms with E-state index in [1.807, 2.05) is 6.92 Å². The zero-order valence-corrected chi connectivity index (χ0v) is 13.4. The summed E-state index contributed by atoms with van der Waals surface area (Å²) in [6.07, 6.45) is 3.97. The molecule has 1 aromatic carbocycles. The average molecular weight is 315 g/mol. The highest BCUT2D eigenvalue weighted by atomic mass is 32.2. The van der Waals surface area contributed by atoms with Crippen LogP contribution < -0.4 is 5.32 Å². The molecule has 2 rings (SSSR count). The number of hydrogen-bond acceptors (Lipinski definition) is 2. The molecular formula is C16H23F2NOS. The molecule has 0 aliphatic heterocycles. The third-order valence-electron chi connectivity index (χ3n) is 4.33. The summed E-state index contributed by atoms with van der Waals surface area (Å²) in [5.41, 5.74) is 0. The average Bonchev–Trinajstić information content (AvgIpc) is 2.47. The fraction of sp³-hybridized carbons (Fsp3) is 0.625. The van der Waals surface area contributed by atoms with Crippen LogP contribution >= 0.6 is 0 Å². The fourth-order valence-corrected chi connectivity index (χ4v) is 4.87. The largest absolute Gasteiger partial charge is 0.313 e. The zero-order chi connectivity index (χ0) is 15.4. The minimum Gasteiger partial charge on any atom is -0.313 e. The van der Waals surface area contributed by atoms with Crippen LogP contribution in [0.1, 0.15) is 39.5 Å². The van der Waals surface area contributed by atoms with Crippen molar-refractivity contribution in [2.24, 2.45) is 5.92 Å². The molecule has 1 aliphatic rings. The van der Waals surface area contributed by atoms with Gasteiger partial charge in [-0.05, 0) is 43.9 Å². The van der Waals surface area contributed by atoms with Gasteiger partial charge in [0.15, 0.2) is 0 Å². The van der Waals surface area contributed by atoms with Gasteiger partial charge in [-0.1, -0.05) is 20.3 Å². The van der Waals surface area contributed by atoms with E-state index in [4.69, 9.17) is 0 Å². The maximum absolute atomic E-state index is 13.9. The van der Waals surface area contributed by atoms with Gasteiger partial charge in [0, 0.05) is 12.1 Å². The van der Waals surface area contributed by atoms with E-state index in [1.54, 1.807) is 0 Å². The molecule has 0 amide bonds. The molecule has 2 nitrogen and oxygen atoms in total. The van der Waals surface area contributed by atoms with Crippen molar-refractivity contribution in [3.05, 3.63) is 29.8 Å². The molecule has 0 saturated heterocycles. The predicted octanol–water partition coefficient (Wildman–Crippen LogP) is 3.63. The minimum absolute atomic E-state index is 0.108. The van der Waals surface area contributed by atoms with Gasteiger partial charge in [0.05, 0.1) is 20.9 Å². The van der Waals surface area contributed by atoms with Crippen LogP contribution in [0.3, 0.4) is 0 Å². The third kappa shape index (κ3) is 3.89. The monoisotopic (exact) mass is 315 g/mol. The predicted molar refractivity (Wildman–Crippen MR) is 81.7 cm³/mol. The number of rotatable bonds is 5. The summed E-state index contributed by atoms with van der Waals surface area (Å²) in [7, 11) is -1.45. The van der Waals surface area contributed by atoms with Gasteiger partial charge in [-0.3, -0.25) is 4.21 Å². The van der Waals surface area contributed by atoms with Gasteiger partial charge in [0.25, 0.3) is 0 Å². The van der Waals surface area contributed by atoms with E-state index in [-0.39, 0.29) is 16.2 Å². The highest BCUT2D eigenvalue weighted by Crippen LogP contribution is 2.32. The molecule has 0 spiro atoms. The first-order chi connectivity index (χ1) is 10.1. The van der Waals surface area contributed by atoms with Crippen LogP contribution in [0, 0.1) is 17.6 Å². The van der Waals surface area contributed by atoms with Gasteiger partial charge >= 0.3 is 0 Å². The number of halogens is 2. The molecule has 118 valence electrons. The topological polar surface area (TPSA) is 29.1 Å². The first-order valence-electron chi connectivity index (χ1n) is 7.65. The summed E-state index contributed by atoms with van der Waals surface area (Å²) in [6.45, 7) is 4.96. The SMILES string of the molecule is CCNC1CCC(CC)CC1S(=O)c1ccc(F)cc1F. The second-order valence-corrected chi connectivity index (χ2v) is 7.30. The van der Waals surface area contributed by atoms with Crippen molar-refractivity contribution in [3.8, 4) is 0 Å². The Morgan fingerprint density at radius 1 is 1.29 bits per heavy atom.